The number of nitrogens with zero attached hydrogens (tertiary/aromatic N) is 2. The molecule has 0 aliphatic carbocycles. The monoisotopic (exact) mass is 590 g/mol. The number of aromatic nitrogens is 2. The van der Waals surface area contributed by atoms with Crippen LogP contribution in [0.15, 0.2) is 158 Å². The fraction of sp³-hybridized carbons (Fsp3) is 0. The van der Waals surface area contributed by atoms with Crippen LogP contribution in [-0.2, 0) is 0 Å². The normalized spacial score (nSPS) is 12.0. The summed E-state index contributed by atoms with van der Waals surface area (Å²) in [6, 6.07) is 57.6. The minimum atomic E-state index is 1.17. The lowest BCUT2D eigenvalue weighted by molar-refractivity contribution is 1.17. The first-order valence-electron chi connectivity index (χ1n) is 15.4. The number of hydrogen-bond donors (Lipinski definition) is 0. The molecule has 0 saturated heterocycles. The van der Waals surface area contributed by atoms with Crippen molar-refractivity contribution in [1.29, 1.82) is 0 Å². The van der Waals surface area contributed by atoms with E-state index < -0.39 is 0 Å². The number of para-hydroxylation sites is 3. The maximum atomic E-state index is 2.48. The van der Waals surface area contributed by atoms with Crippen LogP contribution in [0.2, 0.25) is 0 Å². The van der Waals surface area contributed by atoms with Crippen LogP contribution in [0.25, 0.3) is 86.3 Å². The molecule has 0 fully saturated rings. The fourth-order valence-corrected chi connectivity index (χ4v) is 8.66. The highest BCUT2D eigenvalue weighted by Crippen LogP contribution is 2.45. The van der Waals surface area contributed by atoms with Gasteiger partial charge in [-0.1, -0.05) is 109 Å². The quantitative estimate of drug-likeness (QED) is 0.194. The first-order chi connectivity index (χ1) is 22.3. The van der Waals surface area contributed by atoms with Gasteiger partial charge in [0.25, 0.3) is 0 Å². The van der Waals surface area contributed by atoms with Gasteiger partial charge in [-0.25, -0.2) is 0 Å². The molecule has 0 unspecified atom stereocenters. The molecular weight excluding hydrogens is 565 g/mol. The zero-order valence-electron chi connectivity index (χ0n) is 24.3. The highest BCUT2D eigenvalue weighted by Gasteiger charge is 2.20. The van der Waals surface area contributed by atoms with Crippen molar-refractivity contribution >= 4 is 75.1 Å². The fourth-order valence-electron chi connectivity index (χ4n) is 7.40. The summed E-state index contributed by atoms with van der Waals surface area (Å²) in [7, 11) is 0. The van der Waals surface area contributed by atoms with Gasteiger partial charge in [0.1, 0.15) is 0 Å². The lowest BCUT2D eigenvalue weighted by Crippen LogP contribution is -1.97. The van der Waals surface area contributed by atoms with Crippen LogP contribution >= 0.6 is 11.3 Å². The van der Waals surface area contributed by atoms with E-state index in [9.17, 15) is 0 Å². The van der Waals surface area contributed by atoms with Gasteiger partial charge in [0, 0.05) is 47.4 Å². The van der Waals surface area contributed by atoms with Crippen molar-refractivity contribution in [2.45, 2.75) is 0 Å². The lowest BCUT2D eigenvalue weighted by Gasteiger charge is -2.13. The van der Waals surface area contributed by atoms with Crippen molar-refractivity contribution in [3.05, 3.63) is 158 Å². The maximum Gasteiger partial charge on any atom is 0.0555 e. The second kappa shape index (κ2) is 9.43. The third-order valence-electron chi connectivity index (χ3n) is 9.32. The molecular formula is C42H26N2S. The number of rotatable bonds is 3. The lowest BCUT2D eigenvalue weighted by atomic mass is 10.0. The molecule has 0 aliphatic rings. The van der Waals surface area contributed by atoms with E-state index in [4.69, 9.17) is 0 Å². The standard InChI is InChI=1S/C42H26N2S/c1-2-12-27(13-3-1)29-23-25-39(41-33-17-7-11-21-40(33)45-42(29)41)44-37-20-10-6-16-32(37)34-26-28(22-24-38(34)44)43-35-18-8-4-14-30(35)31-15-5-9-19-36(31)43/h1-26H. The molecule has 0 aliphatic heterocycles. The molecule has 45 heavy (non-hydrogen) atoms. The Morgan fingerprint density at radius 3 is 1.67 bits per heavy atom. The van der Waals surface area contributed by atoms with Gasteiger partial charge in [0.05, 0.1) is 27.8 Å². The second-order valence-electron chi connectivity index (χ2n) is 11.7. The summed E-state index contributed by atoms with van der Waals surface area (Å²) in [6.45, 7) is 0. The van der Waals surface area contributed by atoms with Crippen LogP contribution in [0.5, 0.6) is 0 Å². The topological polar surface area (TPSA) is 9.86 Å². The Labute approximate surface area is 263 Å². The predicted molar refractivity (Wildman–Crippen MR) is 193 cm³/mol. The van der Waals surface area contributed by atoms with Gasteiger partial charge in [0.15, 0.2) is 0 Å². The zero-order chi connectivity index (χ0) is 29.5. The molecule has 2 nitrogen and oxygen atoms in total. The van der Waals surface area contributed by atoms with Gasteiger partial charge in [0.2, 0.25) is 0 Å². The molecule has 0 spiro atoms. The number of benzene rings is 7. The summed E-state index contributed by atoms with van der Waals surface area (Å²) in [6.07, 6.45) is 0. The molecule has 3 aromatic heterocycles. The molecule has 210 valence electrons. The van der Waals surface area contributed by atoms with Gasteiger partial charge >= 0.3 is 0 Å². The first-order valence-corrected chi connectivity index (χ1v) is 16.2. The number of thiophene rings is 1. The average Bonchev–Trinajstić information content (AvgIpc) is 3.76. The van der Waals surface area contributed by atoms with Crippen LogP contribution in [-0.4, -0.2) is 9.13 Å². The van der Waals surface area contributed by atoms with Crippen molar-refractivity contribution in [3.63, 3.8) is 0 Å². The molecule has 3 heterocycles. The van der Waals surface area contributed by atoms with Crippen molar-refractivity contribution in [1.82, 2.24) is 9.13 Å². The van der Waals surface area contributed by atoms with Crippen molar-refractivity contribution in [2.75, 3.05) is 0 Å². The van der Waals surface area contributed by atoms with Gasteiger partial charge in [-0.2, -0.15) is 0 Å². The first kappa shape index (κ1) is 24.8. The van der Waals surface area contributed by atoms with Gasteiger partial charge in [-0.05, 0) is 59.7 Å². The molecule has 10 rings (SSSR count). The van der Waals surface area contributed by atoms with E-state index in [2.05, 4.69) is 167 Å². The number of fused-ring (bicyclic) bond motifs is 9. The summed E-state index contributed by atoms with van der Waals surface area (Å²) < 4.78 is 7.53. The summed E-state index contributed by atoms with van der Waals surface area (Å²) in [5.41, 5.74) is 9.81. The molecule has 0 amide bonds. The molecule has 0 radical (unpaired) electrons. The number of hydrogen-bond acceptors (Lipinski definition) is 1. The Hall–Kier alpha value is -5.64. The highest BCUT2D eigenvalue weighted by atomic mass is 32.1. The molecule has 0 saturated carbocycles. The molecule has 3 heteroatoms. The van der Waals surface area contributed by atoms with E-state index in [0.29, 0.717) is 0 Å². The molecule has 10 aromatic rings. The summed E-state index contributed by atoms with van der Waals surface area (Å²) in [5, 5.41) is 7.69. The van der Waals surface area contributed by atoms with Crippen LogP contribution < -0.4 is 0 Å². The Morgan fingerprint density at radius 2 is 0.956 bits per heavy atom. The van der Waals surface area contributed by atoms with Crippen LogP contribution in [0, 0.1) is 0 Å². The van der Waals surface area contributed by atoms with E-state index in [0.717, 1.165) is 0 Å². The van der Waals surface area contributed by atoms with E-state index in [-0.39, 0.29) is 0 Å². The van der Waals surface area contributed by atoms with Gasteiger partial charge in [-0.3, -0.25) is 0 Å². The molecule has 7 aromatic carbocycles. The molecule has 0 N–H and O–H groups in total. The molecule has 0 atom stereocenters. The minimum absolute atomic E-state index is 1.17. The zero-order valence-corrected chi connectivity index (χ0v) is 25.1. The summed E-state index contributed by atoms with van der Waals surface area (Å²) >= 11 is 1.89. The highest BCUT2D eigenvalue weighted by molar-refractivity contribution is 7.26. The Balaban J connectivity index is 1.30. The van der Waals surface area contributed by atoms with Crippen molar-refractivity contribution in [3.8, 4) is 22.5 Å². The van der Waals surface area contributed by atoms with Crippen LogP contribution in [0.1, 0.15) is 0 Å². The third-order valence-corrected chi connectivity index (χ3v) is 10.5. The van der Waals surface area contributed by atoms with E-state index in [1.807, 2.05) is 11.3 Å². The van der Waals surface area contributed by atoms with E-state index in [1.165, 1.54) is 86.3 Å². The van der Waals surface area contributed by atoms with Gasteiger partial charge in [-0.15, -0.1) is 11.3 Å². The Bertz CT molecular complexity index is 2710. The Morgan fingerprint density at radius 1 is 0.400 bits per heavy atom. The Kier molecular flexibility index (Phi) is 5.19. The van der Waals surface area contributed by atoms with Crippen LogP contribution in [0.4, 0.5) is 0 Å². The van der Waals surface area contributed by atoms with Crippen molar-refractivity contribution < 1.29 is 0 Å². The maximum absolute atomic E-state index is 2.48. The largest absolute Gasteiger partial charge is 0.309 e. The summed E-state index contributed by atoms with van der Waals surface area (Å²) in [5.74, 6) is 0. The summed E-state index contributed by atoms with van der Waals surface area (Å²) in [4.78, 5) is 0. The van der Waals surface area contributed by atoms with E-state index in [1.54, 1.807) is 0 Å². The predicted octanol–water partition coefficient (Wildman–Crippen LogP) is 11.9. The second-order valence-corrected chi connectivity index (χ2v) is 12.8. The van der Waals surface area contributed by atoms with E-state index >= 15 is 0 Å². The van der Waals surface area contributed by atoms with Gasteiger partial charge < -0.3 is 9.13 Å². The SMILES string of the molecule is c1ccc(-c2ccc(-n3c4ccccc4c4cc(-n5c6ccccc6c6ccccc65)ccc43)c3c2sc2ccccc23)cc1. The van der Waals surface area contributed by atoms with Crippen molar-refractivity contribution in [2.24, 2.45) is 0 Å². The van der Waals surface area contributed by atoms with Crippen LogP contribution in [0.3, 0.4) is 0 Å². The third kappa shape index (κ3) is 3.50. The minimum Gasteiger partial charge on any atom is -0.309 e. The average molecular weight is 591 g/mol. The molecule has 0 bridgehead atoms. The smallest absolute Gasteiger partial charge is 0.0555 e.